The Morgan fingerprint density at radius 1 is 1.20 bits per heavy atom. The summed E-state index contributed by atoms with van der Waals surface area (Å²) in [6, 6.07) is -1.79. The Morgan fingerprint density at radius 3 is 2.13 bits per heavy atom. The number of hydrogen-bond acceptors (Lipinski definition) is 4. The molecule has 5 N–H and O–H groups in total. The fourth-order valence-electron chi connectivity index (χ4n) is 0.766. The molecule has 7 nitrogen and oxygen atoms in total. The Kier molecular flexibility index (Phi) is 5.32. The third-order valence-corrected chi connectivity index (χ3v) is 1.69. The molecular formula is C8H15N3O4. The molecular weight excluding hydrogens is 202 g/mol. The number of aliphatic carboxylic acids is 1. The van der Waals surface area contributed by atoms with E-state index < -0.39 is 29.9 Å². The van der Waals surface area contributed by atoms with Crippen LogP contribution in [0.5, 0.6) is 0 Å². The summed E-state index contributed by atoms with van der Waals surface area (Å²) in [5.41, 5.74) is 5.03. The van der Waals surface area contributed by atoms with Crippen molar-refractivity contribution < 1.29 is 19.5 Å². The van der Waals surface area contributed by atoms with Crippen LogP contribution in [0.2, 0.25) is 0 Å². The third-order valence-electron chi connectivity index (χ3n) is 1.69. The molecule has 0 rings (SSSR count). The molecule has 0 aliphatic heterocycles. The lowest BCUT2D eigenvalue weighted by Gasteiger charge is -2.15. The van der Waals surface area contributed by atoms with Crippen LogP contribution in [0.3, 0.4) is 0 Å². The maximum absolute atomic E-state index is 11.3. The molecule has 0 fully saturated rings. The topological polar surface area (TPSA) is 122 Å². The zero-order valence-corrected chi connectivity index (χ0v) is 8.61. The van der Waals surface area contributed by atoms with Gasteiger partial charge in [0.05, 0.1) is 6.54 Å². The molecule has 0 aliphatic carbocycles. The highest BCUT2D eigenvalue weighted by molar-refractivity contribution is 5.90. The summed E-state index contributed by atoms with van der Waals surface area (Å²) in [6.45, 7) is 2.56. The van der Waals surface area contributed by atoms with Crippen LogP contribution in [-0.4, -0.2) is 41.5 Å². The van der Waals surface area contributed by atoms with E-state index in [2.05, 4.69) is 10.6 Å². The molecule has 86 valence electrons. The molecule has 0 spiro atoms. The average molecular weight is 217 g/mol. The van der Waals surface area contributed by atoms with E-state index in [4.69, 9.17) is 10.8 Å². The van der Waals surface area contributed by atoms with Gasteiger partial charge in [-0.15, -0.1) is 0 Å². The Labute approximate surface area is 87.0 Å². The third kappa shape index (κ3) is 4.96. The van der Waals surface area contributed by atoms with Gasteiger partial charge in [-0.05, 0) is 13.8 Å². The molecule has 2 amide bonds. The molecule has 0 saturated carbocycles. The lowest BCUT2D eigenvalue weighted by atomic mass is 10.2. The Balaban J connectivity index is 4.10. The van der Waals surface area contributed by atoms with Gasteiger partial charge in [-0.1, -0.05) is 0 Å². The standard InChI is InChI=1S/C8H15N3O4/c1-4(10-6(12)3-9)7(13)11-5(2)8(14)15/h4-5H,3,9H2,1-2H3,(H,10,12)(H,11,13)(H,14,15)/t4-,5+/m1/s1. The predicted molar refractivity (Wildman–Crippen MR) is 51.9 cm³/mol. The van der Waals surface area contributed by atoms with Crippen molar-refractivity contribution in [1.82, 2.24) is 10.6 Å². The lowest BCUT2D eigenvalue weighted by Crippen LogP contribution is -2.50. The summed E-state index contributed by atoms with van der Waals surface area (Å²) >= 11 is 0. The first kappa shape index (κ1) is 13.4. The van der Waals surface area contributed by atoms with E-state index in [-0.39, 0.29) is 6.54 Å². The summed E-state index contributed by atoms with van der Waals surface area (Å²) in [7, 11) is 0. The first-order valence-electron chi connectivity index (χ1n) is 4.41. The normalized spacial score (nSPS) is 13.8. The first-order valence-corrected chi connectivity index (χ1v) is 4.41. The van der Waals surface area contributed by atoms with Crippen molar-refractivity contribution in [1.29, 1.82) is 0 Å². The highest BCUT2D eigenvalue weighted by Crippen LogP contribution is 1.86. The Hall–Kier alpha value is -1.63. The SMILES string of the molecule is C[C@H](NC(=O)[C@@H](C)NC(=O)CN)C(=O)O. The summed E-state index contributed by atoms with van der Waals surface area (Å²) < 4.78 is 0. The van der Waals surface area contributed by atoms with Crippen LogP contribution in [0.25, 0.3) is 0 Å². The van der Waals surface area contributed by atoms with Gasteiger partial charge in [0.15, 0.2) is 0 Å². The van der Waals surface area contributed by atoms with Crippen molar-refractivity contribution in [3.8, 4) is 0 Å². The van der Waals surface area contributed by atoms with Crippen LogP contribution >= 0.6 is 0 Å². The van der Waals surface area contributed by atoms with Gasteiger partial charge in [-0.2, -0.15) is 0 Å². The largest absolute Gasteiger partial charge is 0.480 e. The second-order valence-electron chi connectivity index (χ2n) is 3.06. The van der Waals surface area contributed by atoms with Crippen molar-refractivity contribution >= 4 is 17.8 Å². The number of nitrogens with one attached hydrogen (secondary N) is 2. The number of carbonyl (C=O) groups excluding carboxylic acids is 2. The smallest absolute Gasteiger partial charge is 0.325 e. The molecule has 7 heteroatoms. The van der Waals surface area contributed by atoms with Crippen LogP contribution in [0, 0.1) is 0 Å². The number of rotatable bonds is 5. The summed E-state index contributed by atoms with van der Waals surface area (Å²) in [5.74, 6) is -2.17. The molecule has 0 aliphatic rings. The maximum atomic E-state index is 11.3. The lowest BCUT2D eigenvalue weighted by molar-refractivity contribution is -0.141. The minimum Gasteiger partial charge on any atom is -0.480 e. The van der Waals surface area contributed by atoms with E-state index >= 15 is 0 Å². The summed E-state index contributed by atoms with van der Waals surface area (Å²) in [6.07, 6.45) is 0. The van der Waals surface area contributed by atoms with Crippen LogP contribution < -0.4 is 16.4 Å². The zero-order valence-electron chi connectivity index (χ0n) is 8.61. The van der Waals surface area contributed by atoms with E-state index in [1.165, 1.54) is 13.8 Å². The first-order chi connectivity index (χ1) is 6.88. The highest BCUT2D eigenvalue weighted by atomic mass is 16.4. The van der Waals surface area contributed by atoms with Gasteiger partial charge in [0.2, 0.25) is 11.8 Å². The quantitative estimate of drug-likeness (QED) is 0.426. The molecule has 0 aromatic rings. The van der Waals surface area contributed by atoms with Gasteiger partial charge in [-0.3, -0.25) is 14.4 Å². The van der Waals surface area contributed by atoms with Crippen molar-refractivity contribution in [2.24, 2.45) is 5.73 Å². The van der Waals surface area contributed by atoms with E-state index in [0.29, 0.717) is 0 Å². The minimum atomic E-state index is -1.14. The van der Waals surface area contributed by atoms with E-state index in [0.717, 1.165) is 0 Å². The fourth-order valence-corrected chi connectivity index (χ4v) is 0.766. The molecule has 0 aromatic heterocycles. The van der Waals surface area contributed by atoms with Crippen molar-refractivity contribution in [2.45, 2.75) is 25.9 Å². The second-order valence-corrected chi connectivity index (χ2v) is 3.06. The van der Waals surface area contributed by atoms with Gasteiger partial charge in [0.25, 0.3) is 0 Å². The number of carboxylic acid groups (broad SMARTS) is 1. The summed E-state index contributed by atoms with van der Waals surface area (Å²) in [5, 5.41) is 13.0. The highest BCUT2D eigenvalue weighted by Gasteiger charge is 2.19. The summed E-state index contributed by atoms with van der Waals surface area (Å²) in [4.78, 5) is 32.5. The van der Waals surface area contributed by atoms with E-state index in [1.54, 1.807) is 0 Å². The monoisotopic (exact) mass is 217 g/mol. The van der Waals surface area contributed by atoms with Crippen molar-refractivity contribution in [3.63, 3.8) is 0 Å². The van der Waals surface area contributed by atoms with Gasteiger partial charge < -0.3 is 21.5 Å². The maximum Gasteiger partial charge on any atom is 0.325 e. The van der Waals surface area contributed by atoms with Crippen LogP contribution in [0.15, 0.2) is 0 Å². The Bertz CT molecular complexity index is 267. The molecule has 0 heterocycles. The number of hydrogen-bond donors (Lipinski definition) is 4. The van der Waals surface area contributed by atoms with E-state index in [9.17, 15) is 14.4 Å². The molecule has 15 heavy (non-hydrogen) atoms. The molecule has 0 bridgehead atoms. The van der Waals surface area contributed by atoms with Gasteiger partial charge in [0, 0.05) is 0 Å². The van der Waals surface area contributed by atoms with Crippen molar-refractivity contribution in [2.75, 3.05) is 6.54 Å². The van der Waals surface area contributed by atoms with Crippen LogP contribution in [-0.2, 0) is 14.4 Å². The van der Waals surface area contributed by atoms with Gasteiger partial charge >= 0.3 is 5.97 Å². The number of amides is 2. The van der Waals surface area contributed by atoms with Crippen LogP contribution in [0.1, 0.15) is 13.8 Å². The molecule has 0 radical (unpaired) electrons. The van der Waals surface area contributed by atoms with Gasteiger partial charge in [0.1, 0.15) is 12.1 Å². The molecule has 2 atom stereocenters. The van der Waals surface area contributed by atoms with Crippen LogP contribution in [0.4, 0.5) is 0 Å². The molecule has 0 saturated heterocycles. The fraction of sp³-hybridized carbons (Fsp3) is 0.625. The number of carbonyl (C=O) groups is 3. The number of carboxylic acids is 1. The van der Waals surface area contributed by atoms with Crippen molar-refractivity contribution in [3.05, 3.63) is 0 Å². The average Bonchev–Trinajstić information content (AvgIpc) is 2.16. The predicted octanol–water partition coefficient (Wildman–Crippen LogP) is -1.96. The minimum absolute atomic E-state index is 0.216. The second kappa shape index (κ2) is 5.97. The van der Waals surface area contributed by atoms with Gasteiger partial charge in [-0.25, -0.2) is 0 Å². The Morgan fingerprint density at radius 2 is 1.73 bits per heavy atom. The number of nitrogens with two attached hydrogens (primary N) is 1. The molecule has 0 aromatic carbocycles. The molecule has 0 unspecified atom stereocenters. The zero-order chi connectivity index (χ0) is 12.0. The van der Waals surface area contributed by atoms with E-state index in [1.807, 2.05) is 0 Å².